The quantitative estimate of drug-likeness (QED) is 0.867. The molecular formula is C16H11N3O2. The van der Waals surface area contributed by atoms with Crippen LogP contribution in [0.2, 0.25) is 0 Å². The molecule has 1 aromatic carbocycles. The number of fused-ring (bicyclic) bond motifs is 3. The number of ether oxygens (including phenoxy) is 1. The van der Waals surface area contributed by atoms with Gasteiger partial charge in [0, 0.05) is 11.1 Å². The molecule has 0 spiro atoms. The number of pyridine rings is 1. The van der Waals surface area contributed by atoms with Gasteiger partial charge in [-0.3, -0.25) is 4.79 Å². The number of nitrogens with zero attached hydrogens (tertiary/aromatic N) is 2. The van der Waals surface area contributed by atoms with Crippen LogP contribution in [0.3, 0.4) is 0 Å². The Balaban J connectivity index is 2.31. The Bertz CT molecular complexity index is 869. The molecule has 1 aliphatic heterocycles. The van der Waals surface area contributed by atoms with Gasteiger partial charge in [0.2, 0.25) is 0 Å². The molecule has 0 aliphatic carbocycles. The molecule has 0 saturated heterocycles. The average molecular weight is 277 g/mol. The molecule has 0 saturated carbocycles. The van der Waals surface area contributed by atoms with Gasteiger partial charge in [-0.05, 0) is 25.1 Å². The van der Waals surface area contributed by atoms with Gasteiger partial charge in [-0.25, -0.2) is 0 Å². The lowest BCUT2D eigenvalue weighted by atomic mass is 9.94. The van der Waals surface area contributed by atoms with Crippen LogP contribution < -0.4 is 10.3 Å². The van der Waals surface area contributed by atoms with Crippen molar-refractivity contribution in [1.29, 1.82) is 10.5 Å². The molecular weight excluding hydrogens is 266 g/mol. The molecule has 1 N–H and O–H groups in total. The number of nitriles is 2. The van der Waals surface area contributed by atoms with Gasteiger partial charge in [-0.2, -0.15) is 10.5 Å². The van der Waals surface area contributed by atoms with E-state index < -0.39 is 11.7 Å². The van der Waals surface area contributed by atoms with E-state index in [1.165, 1.54) is 6.07 Å². The zero-order valence-corrected chi connectivity index (χ0v) is 11.3. The maximum atomic E-state index is 11.9. The Kier molecular flexibility index (Phi) is 2.97. The molecule has 1 aliphatic rings. The van der Waals surface area contributed by atoms with Gasteiger partial charge in [0.15, 0.2) is 0 Å². The van der Waals surface area contributed by atoms with Crippen LogP contribution in [0.5, 0.6) is 5.75 Å². The minimum atomic E-state index is -0.482. The third-order valence-corrected chi connectivity index (χ3v) is 3.49. The molecule has 1 atom stereocenters. The number of nitrogens with one attached hydrogen (secondary N) is 1. The van der Waals surface area contributed by atoms with E-state index in [-0.39, 0.29) is 12.0 Å². The zero-order chi connectivity index (χ0) is 15.0. The van der Waals surface area contributed by atoms with Crippen molar-refractivity contribution in [3.8, 4) is 29.1 Å². The van der Waals surface area contributed by atoms with Crippen LogP contribution in [0, 0.1) is 29.6 Å². The van der Waals surface area contributed by atoms with Crippen molar-refractivity contribution in [1.82, 2.24) is 4.98 Å². The van der Waals surface area contributed by atoms with E-state index >= 15 is 0 Å². The summed E-state index contributed by atoms with van der Waals surface area (Å²) in [6.07, 6.45) is -0.332. The molecule has 21 heavy (non-hydrogen) atoms. The SMILES string of the molecule is Cc1ccc2c(c1)-c1[nH]c(=O)c(C#N)cc1C(CC#N)O2. The second-order valence-corrected chi connectivity index (χ2v) is 4.92. The van der Waals surface area contributed by atoms with Gasteiger partial charge in [-0.15, -0.1) is 0 Å². The second-order valence-electron chi connectivity index (χ2n) is 4.92. The summed E-state index contributed by atoms with van der Waals surface area (Å²) >= 11 is 0. The maximum Gasteiger partial charge on any atom is 0.266 e. The predicted octanol–water partition coefficient (Wildman–Crippen LogP) is 2.57. The number of hydrogen-bond acceptors (Lipinski definition) is 4. The van der Waals surface area contributed by atoms with E-state index in [0.717, 1.165) is 11.1 Å². The lowest BCUT2D eigenvalue weighted by Crippen LogP contribution is -2.20. The van der Waals surface area contributed by atoms with Gasteiger partial charge >= 0.3 is 0 Å². The van der Waals surface area contributed by atoms with E-state index in [1.807, 2.05) is 31.2 Å². The standard InChI is InChI=1S/C16H11N3O2/c1-9-2-3-13-11(6-9)15-12(14(21-13)4-5-17)7-10(8-18)16(20)19-15/h2-3,6-7,14H,4H2,1H3,(H,19,20). The summed E-state index contributed by atoms with van der Waals surface area (Å²) in [5.74, 6) is 0.633. The van der Waals surface area contributed by atoms with Crippen LogP contribution in [-0.4, -0.2) is 4.98 Å². The highest BCUT2D eigenvalue weighted by molar-refractivity contribution is 5.73. The summed E-state index contributed by atoms with van der Waals surface area (Å²) in [6, 6.07) is 11.1. The number of H-pyrrole nitrogens is 1. The topological polar surface area (TPSA) is 89.7 Å². The number of aromatic amines is 1. The van der Waals surface area contributed by atoms with Crippen molar-refractivity contribution in [2.75, 3.05) is 0 Å². The summed E-state index contributed by atoms with van der Waals surface area (Å²) in [4.78, 5) is 14.6. The number of aromatic nitrogens is 1. The van der Waals surface area contributed by atoms with Gasteiger partial charge in [0.05, 0.1) is 18.2 Å². The molecule has 5 nitrogen and oxygen atoms in total. The molecule has 102 valence electrons. The zero-order valence-electron chi connectivity index (χ0n) is 11.3. The Labute approximate surface area is 121 Å². The molecule has 1 unspecified atom stereocenters. The summed E-state index contributed by atoms with van der Waals surface area (Å²) < 4.78 is 5.84. The first-order valence-electron chi connectivity index (χ1n) is 6.46. The summed E-state index contributed by atoms with van der Waals surface area (Å²) in [7, 11) is 0. The lowest BCUT2D eigenvalue weighted by Gasteiger charge is -2.27. The first-order chi connectivity index (χ1) is 10.1. The highest BCUT2D eigenvalue weighted by Crippen LogP contribution is 2.42. The highest BCUT2D eigenvalue weighted by Gasteiger charge is 2.27. The van der Waals surface area contributed by atoms with Crippen molar-refractivity contribution < 1.29 is 4.74 Å². The average Bonchev–Trinajstić information content (AvgIpc) is 2.48. The Morgan fingerprint density at radius 1 is 1.33 bits per heavy atom. The molecule has 2 aromatic rings. The van der Waals surface area contributed by atoms with Crippen molar-refractivity contribution in [3.63, 3.8) is 0 Å². The third kappa shape index (κ3) is 2.05. The fourth-order valence-electron chi connectivity index (χ4n) is 2.50. The Morgan fingerprint density at radius 2 is 2.14 bits per heavy atom. The van der Waals surface area contributed by atoms with Gasteiger partial charge in [-0.1, -0.05) is 11.6 Å². The van der Waals surface area contributed by atoms with E-state index in [9.17, 15) is 4.79 Å². The smallest absolute Gasteiger partial charge is 0.266 e. The van der Waals surface area contributed by atoms with Gasteiger partial charge in [0.1, 0.15) is 23.5 Å². The minimum Gasteiger partial charge on any atom is -0.484 e. The van der Waals surface area contributed by atoms with E-state index in [2.05, 4.69) is 11.1 Å². The van der Waals surface area contributed by atoms with Crippen LogP contribution in [0.15, 0.2) is 29.1 Å². The van der Waals surface area contributed by atoms with Crippen LogP contribution in [0.25, 0.3) is 11.3 Å². The molecule has 2 heterocycles. The first-order valence-corrected chi connectivity index (χ1v) is 6.46. The van der Waals surface area contributed by atoms with E-state index in [1.54, 1.807) is 0 Å². The number of aryl methyl sites for hydroxylation is 1. The first kappa shape index (κ1) is 13.0. The summed E-state index contributed by atoms with van der Waals surface area (Å²) in [5.41, 5.74) is 2.71. The second kappa shape index (κ2) is 4.81. The Hall–Kier alpha value is -3.05. The lowest BCUT2D eigenvalue weighted by molar-refractivity contribution is 0.207. The minimum absolute atomic E-state index is 0.0244. The van der Waals surface area contributed by atoms with Crippen molar-refractivity contribution in [2.24, 2.45) is 0 Å². The van der Waals surface area contributed by atoms with Gasteiger partial charge in [0.25, 0.3) is 5.56 Å². The van der Waals surface area contributed by atoms with Crippen LogP contribution in [0.4, 0.5) is 0 Å². The van der Waals surface area contributed by atoms with E-state index in [4.69, 9.17) is 15.3 Å². The normalized spacial score (nSPS) is 15.1. The summed E-state index contributed by atoms with van der Waals surface area (Å²) in [6.45, 7) is 1.95. The Morgan fingerprint density at radius 3 is 2.86 bits per heavy atom. The molecule has 0 bridgehead atoms. The van der Waals surface area contributed by atoms with E-state index in [0.29, 0.717) is 17.0 Å². The molecule has 0 amide bonds. The van der Waals surface area contributed by atoms with Crippen LogP contribution >= 0.6 is 0 Å². The van der Waals surface area contributed by atoms with Crippen molar-refractivity contribution >= 4 is 0 Å². The monoisotopic (exact) mass is 277 g/mol. The molecule has 0 fully saturated rings. The number of benzene rings is 1. The van der Waals surface area contributed by atoms with Gasteiger partial charge < -0.3 is 9.72 Å². The van der Waals surface area contributed by atoms with Crippen LogP contribution in [-0.2, 0) is 0 Å². The molecule has 1 aromatic heterocycles. The fourth-order valence-corrected chi connectivity index (χ4v) is 2.50. The largest absolute Gasteiger partial charge is 0.484 e. The highest BCUT2D eigenvalue weighted by atomic mass is 16.5. The van der Waals surface area contributed by atoms with Crippen molar-refractivity contribution in [3.05, 3.63) is 51.3 Å². The summed E-state index contributed by atoms with van der Waals surface area (Å²) in [5, 5.41) is 18.0. The molecule has 0 radical (unpaired) electrons. The molecule has 3 rings (SSSR count). The van der Waals surface area contributed by atoms with Crippen molar-refractivity contribution in [2.45, 2.75) is 19.4 Å². The predicted molar refractivity (Wildman–Crippen MR) is 75.5 cm³/mol. The number of rotatable bonds is 1. The molecule has 5 heteroatoms. The maximum absolute atomic E-state index is 11.9. The fraction of sp³-hybridized carbons (Fsp3) is 0.188. The third-order valence-electron chi connectivity index (χ3n) is 3.49. The number of hydrogen-bond donors (Lipinski definition) is 1. The van der Waals surface area contributed by atoms with Crippen LogP contribution in [0.1, 0.15) is 29.2 Å².